The molecule has 1 aromatic heterocycles. The van der Waals surface area contributed by atoms with Gasteiger partial charge in [0.1, 0.15) is 4.21 Å². The van der Waals surface area contributed by atoms with Crippen molar-refractivity contribution in [1.82, 2.24) is 10.0 Å². The Labute approximate surface area is 125 Å². The lowest BCUT2D eigenvalue weighted by Gasteiger charge is -2.11. The van der Waals surface area contributed by atoms with Gasteiger partial charge in [0.25, 0.3) is 0 Å². The average molecular weight is 320 g/mol. The van der Waals surface area contributed by atoms with E-state index in [0.717, 1.165) is 23.4 Å². The third-order valence-electron chi connectivity index (χ3n) is 2.75. The Kier molecular flexibility index (Phi) is 7.11. The van der Waals surface area contributed by atoms with E-state index in [2.05, 4.69) is 17.0 Å². The molecule has 5 nitrogen and oxygen atoms in total. The molecule has 7 heteroatoms. The summed E-state index contributed by atoms with van der Waals surface area (Å²) in [7, 11) is -1.90. The van der Waals surface area contributed by atoms with Crippen LogP contribution in [0, 0.1) is 6.92 Å². The number of thiophene rings is 1. The Morgan fingerprint density at radius 2 is 2.15 bits per heavy atom. The molecule has 2 N–H and O–H groups in total. The molecular formula is C13H24N2O3S2. The number of sulfonamides is 1. The molecule has 0 amide bonds. The second-order valence-corrected chi connectivity index (χ2v) is 7.90. The molecule has 1 atom stereocenters. The van der Waals surface area contributed by atoms with E-state index in [1.54, 1.807) is 20.1 Å². The summed E-state index contributed by atoms with van der Waals surface area (Å²) < 4.78 is 32.4. The van der Waals surface area contributed by atoms with E-state index in [1.165, 1.54) is 11.3 Å². The van der Waals surface area contributed by atoms with Crippen LogP contribution in [-0.2, 0) is 21.3 Å². The molecule has 1 unspecified atom stereocenters. The lowest BCUT2D eigenvalue weighted by Crippen LogP contribution is -2.35. The van der Waals surface area contributed by atoms with Gasteiger partial charge in [-0.05, 0) is 38.4 Å². The molecule has 1 rings (SSSR count). The van der Waals surface area contributed by atoms with Crippen LogP contribution in [0.15, 0.2) is 10.3 Å². The molecule has 0 saturated heterocycles. The number of hydrogen-bond donors (Lipinski definition) is 2. The zero-order chi connectivity index (χ0) is 15.2. The summed E-state index contributed by atoms with van der Waals surface area (Å²) in [5, 5.41) is 3.29. The standard InChI is InChI=1S/C13H24N2O3S2/c1-5-6-14-8-12-10(2)7-13(19-12)20(16,17)15-11(3)9-18-4/h7,11,14-15H,5-6,8-9H2,1-4H3. The van der Waals surface area contributed by atoms with Crippen molar-refractivity contribution in [3.8, 4) is 0 Å². The topological polar surface area (TPSA) is 67.4 Å². The summed E-state index contributed by atoms with van der Waals surface area (Å²) in [6, 6.07) is 1.49. The molecule has 116 valence electrons. The Morgan fingerprint density at radius 1 is 1.45 bits per heavy atom. The van der Waals surface area contributed by atoms with Crippen molar-refractivity contribution >= 4 is 21.4 Å². The molecule has 0 aliphatic carbocycles. The second kappa shape index (κ2) is 8.09. The van der Waals surface area contributed by atoms with E-state index in [-0.39, 0.29) is 6.04 Å². The van der Waals surface area contributed by atoms with Gasteiger partial charge in [0.15, 0.2) is 0 Å². The maximum atomic E-state index is 12.2. The fraction of sp³-hybridized carbons (Fsp3) is 0.692. The summed E-state index contributed by atoms with van der Waals surface area (Å²) in [6.07, 6.45) is 1.06. The minimum Gasteiger partial charge on any atom is -0.383 e. The lowest BCUT2D eigenvalue weighted by atomic mass is 10.3. The van der Waals surface area contributed by atoms with Crippen LogP contribution >= 0.6 is 11.3 Å². The summed E-state index contributed by atoms with van der Waals surface area (Å²) in [5.74, 6) is 0. The lowest BCUT2D eigenvalue weighted by molar-refractivity contribution is 0.180. The van der Waals surface area contributed by atoms with Gasteiger partial charge in [-0.2, -0.15) is 0 Å². The molecule has 0 bridgehead atoms. The number of ether oxygens (including phenoxy) is 1. The first-order valence-electron chi connectivity index (χ1n) is 6.72. The van der Waals surface area contributed by atoms with Crippen molar-refractivity contribution in [2.75, 3.05) is 20.3 Å². The molecule has 0 fully saturated rings. The minimum absolute atomic E-state index is 0.242. The van der Waals surface area contributed by atoms with Crippen molar-refractivity contribution in [2.45, 2.75) is 44.0 Å². The summed E-state index contributed by atoms with van der Waals surface area (Å²) >= 11 is 1.32. The smallest absolute Gasteiger partial charge is 0.250 e. The van der Waals surface area contributed by atoms with Crippen LogP contribution in [-0.4, -0.2) is 34.7 Å². The predicted octanol–water partition coefficient (Wildman–Crippen LogP) is 1.87. The molecule has 0 aromatic carbocycles. The van der Waals surface area contributed by atoms with Crippen LogP contribution in [0.1, 0.15) is 30.7 Å². The number of aryl methyl sites for hydroxylation is 1. The van der Waals surface area contributed by atoms with Gasteiger partial charge >= 0.3 is 0 Å². The van der Waals surface area contributed by atoms with Crippen molar-refractivity contribution in [3.05, 3.63) is 16.5 Å². The molecule has 0 aliphatic rings. The predicted molar refractivity (Wildman–Crippen MR) is 82.7 cm³/mol. The molecule has 0 radical (unpaired) electrons. The number of methoxy groups -OCH3 is 1. The number of rotatable bonds is 9. The highest BCUT2D eigenvalue weighted by Gasteiger charge is 2.20. The molecule has 0 aliphatic heterocycles. The van der Waals surface area contributed by atoms with Gasteiger partial charge in [0, 0.05) is 24.6 Å². The van der Waals surface area contributed by atoms with E-state index in [4.69, 9.17) is 4.74 Å². The largest absolute Gasteiger partial charge is 0.383 e. The third kappa shape index (κ3) is 5.14. The minimum atomic E-state index is -3.45. The Morgan fingerprint density at radius 3 is 2.75 bits per heavy atom. The van der Waals surface area contributed by atoms with Gasteiger partial charge in [-0.25, -0.2) is 13.1 Å². The van der Waals surface area contributed by atoms with Crippen molar-refractivity contribution in [1.29, 1.82) is 0 Å². The van der Waals surface area contributed by atoms with Crippen LogP contribution in [0.4, 0.5) is 0 Å². The van der Waals surface area contributed by atoms with E-state index in [1.807, 2.05) is 6.92 Å². The van der Waals surface area contributed by atoms with E-state index in [9.17, 15) is 8.42 Å². The molecule has 20 heavy (non-hydrogen) atoms. The van der Waals surface area contributed by atoms with Gasteiger partial charge in [-0.3, -0.25) is 0 Å². The van der Waals surface area contributed by atoms with Gasteiger partial charge < -0.3 is 10.1 Å². The Bertz CT molecular complexity index is 512. The Hall–Kier alpha value is -0.470. The summed E-state index contributed by atoms with van der Waals surface area (Å²) in [5.41, 5.74) is 1.01. The average Bonchev–Trinajstić information content (AvgIpc) is 2.72. The molecular weight excluding hydrogens is 296 g/mol. The van der Waals surface area contributed by atoms with Crippen LogP contribution in [0.5, 0.6) is 0 Å². The molecule has 1 heterocycles. The molecule has 1 aromatic rings. The van der Waals surface area contributed by atoms with Crippen molar-refractivity contribution in [2.24, 2.45) is 0 Å². The maximum absolute atomic E-state index is 12.2. The highest BCUT2D eigenvalue weighted by Crippen LogP contribution is 2.26. The quantitative estimate of drug-likeness (QED) is 0.682. The highest BCUT2D eigenvalue weighted by atomic mass is 32.2. The first-order chi connectivity index (χ1) is 9.40. The SMILES string of the molecule is CCCNCc1sc(S(=O)(=O)NC(C)COC)cc1C. The third-order valence-corrected chi connectivity index (χ3v) is 6.05. The van der Waals surface area contributed by atoms with Gasteiger partial charge in [-0.15, -0.1) is 11.3 Å². The highest BCUT2D eigenvalue weighted by molar-refractivity contribution is 7.91. The first-order valence-corrected chi connectivity index (χ1v) is 9.02. The van der Waals surface area contributed by atoms with E-state index < -0.39 is 10.0 Å². The zero-order valence-corrected chi connectivity index (χ0v) is 14.2. The summed E-state index contributed by atoms with van der Waals surface area (Å²) in [6.45, 7) is 7.83. The first kappa shape index (κ1) is 17.6. The number of nitrogens with one attached hydrogen (secondary N) is 2. The summed E-state index contributed by atoms with van der Waals surface area (Å²) in [4.78, 5) is 1.07. The van der Waals surface area contributed by atoms with Crippen LogP contribution < -0.4 is 10.0 Å². The normalized spacial score (nSPS) is 13.6. The monoisotopic (exact) mass is 320 g/mol. The second-order valence-electron chi connectivity index (χ2n) is 4.83. The van der Waals surface area contributed by atoms with Gasteiger partial charge in [-0.1, -0.05) is 6.92 Å². The maximum Gasteiger partial charge on any atom is 0.250 e. The van der Waals surface area contributed by atoms with Crippen LogP contribution in [0.3, 0.4) is 0 Å². The fourth-order valence-electron chi connectivity index (χ4n) is 1.78. The van der Waals surface area contributed by atoms with Crippen molar-refractivity contribution < 1.29 is 13.2 Å². The molecule has 0 spiro atoms. The van der Waals surface area contributed by atoms with Crippen LogP contribution in [0.25, 0.3) is 0 Å². The zero-order valence-electron chi connectivity index (χ0n) is 12.5. The fourth-order valence-corrected chi connectivity index (χ4v) is 4.59. The van der Waals surface area contributed by atoms with E-state index in [0.29, 0.717) is 17.4 Å². The molecule has 0 saturated carbocycles. The number of hydrogen-bond acceptors (Lipinski definition) is 5. The van der Waals surface area contributed by atoms with Gasteiger partial charge in [0.05, 0.1) is 6.61 Å². The van der Waals surface area contributed by atoms with Crippen LogP contribution in [0.2, 0.25) is 0 Å². The Balaban J connectivity index is 2.78. The van der Waals surface area contributed by atoms with Crippen molar-refractivity contribution in [3.63, 3.8) is 0 Å². The van der Waals surface area contributed by atoms with Gasteiger partial charge in [0.2, 0.25) is 10.0 Å². The van der Waals surface area contributed by atoms with E-state index >= 15 is 0 Å².